The second kappa shape index (κ2) is 6.00. The SMILES string of the molecule is CCO/N=C/c1ccnn1Cc1ccc(C)cc1. The highest BCUT2D eigenvalue weighted by molar-refractivity contribution is 5.76. The second-order valence-corrected chi connectivity index (χ2v) is 4.05. The third-order valence-electron chi connectivity index (χ3n) is 2.59. The predicted octanol–water partition coefficient (Wildman–Crippen LogP) is 2.61. The van der Waals surface area contributed by atoms with Crippen LogP contribution in [0.3, 0.4) is 0 Å². The number of hydrogen-bond acceptors (Lipinski definition) is 3. The normalized spacial score (nSPS) is 11.0. The molecule has 0 spiro atoms. The largest absolute Gasteiger partial charge is 0.396 e. The van der Waals surface area contributed by atoms with Crippen LogP contribution in [0.1, 0.15) is 23.7 Å². The molecule has 2 rings (SSSR count). The van der Waals surface area contributed by atoms with Crippen LogP contribution in [0.5, 0.6) is 0 Å². The molecule has 0 aliphatic heterocycles. The summed E-state index contributed by atoms with van der Waals surface area (Å²) in [7, 11) is 0. The van der Waals surface area contributed by atoms with Crippen molar-refractivity contribution in [2.24, 2.45) is 5.16 Å². The number of hydrogen-bond donors (Lipinski definition) is 0. The highest BCUT2D eigenvalue weighted by Gasteiger charge is 2.01. The first-order valence-corrected chi connectivity index (χ1v) is 6.02. The van der Waals surface area contributed by atoms with Gasteiger partial charge in [0.2, 0.25) is 0 Å². The lowest BCUT2D eigenvalue weighted by Gasteiger charge is -2.05. The van der Waals surface area contributed by atoms with Crippen molar-refractivity contribution < 1.29 is 4.84 Å². The van der Waals surface area contributed by atoms with E-state index in [1.165, 1.54) is 11.1 Å². The van der Waals surface area contributed by atoms with Gasteiger partial charge in [0.1, 0.15) is 6.61 Å². The van der Waals surface area contributed by atoms with Gasteiger partial charge in [-0.3, -0.25) is 4.68 Å². The number of rotatable bonds is 5. The number of aryl methyl sites for hydroxylation is 1. The molecule has 0 unspecified atom stereocenters. The first kappa shape index (κ1) is 12.4. The zero-order valence-corrected chi connectivity index (χ0v) is 10.7. The molecule has 0 N–H and O–H groups in total. The van der Waals surface area contributed by atoms with Crippen molar-refractivity contribution in [2.45, 2.75) is 20.4 Å². The van der Waals surface area contributed by atoms with Crippen LogP contribution in [0.15, 0.2) is 41.7 Å². The van der Waals surface area contributed by atoms with Gasteiger partial charge >= 0.3 is 0 Å². The molecule has 0 atom stereocenters. The highest BCUT2D eigenvalue weighted by Crippen LogP contribution is 2.06. The molecule has 4 heteroatoms. The third-order valence-corrected chi connectivity index (χ3v) is 2.59. The maximum Gasteiger partial charge on any atom is 0.114 e. The topological polar surface area (TPSA) is 39.4 Å². The lowest BCUT2D eigenvalue weighted by Crippen LogP contribution is -2.05. The number of nitrogens with zero attached hydrogens (tertiary/aromatic N) is 3. The van der Waals surface area contributed by atoms with Gasteiger partial charge in [0.05, 0.1) is 18.5 Å². The van der Waals surface area contributed by atoms with Crippen molar-refractivity contribution in [1.29, 1.82) is 0 Å². The summed E-state index contributed by atoms with van der Waals surface area (Å²) < 4.78 is 1.90. The first-order valence-electron chi connectivity index (χ1n) is 6.02. The summed E-state index contributed by atoms with van der Waals surface area (Å²) >= 11 is 0. The summed E-state index contributed by atoms with van der Waals surface area (Å²) in [4.78, 5) is 4.96. The molecular formula is C14H17N3O. The lowest BCUT2D eigenvalue weighted by atomic mass is 10.1. The molecule has 0 fully saturated rings. The summed E-state index contributed by atoms with van der Waals surface area (Å²) in [6.45, 7) is 5.29. The van der Waals surface area contributed by atoms with Gasteiger partial charge in [-0.05, 0) is 25.5 Å². The number of benzene rings is 1. The fourth-order valence-electron chi connectivity index (χ4n) is 1.62. The molecule has 0 radical (unpaired) electrons. The Kier molecular flexibility index (Phi) is 4.12. The molecule has 1 aromatic heterocycles. The van der Waals surface area contributed by atoms with Crippen molar-refractivity contribution >= 4 is 6.21 Å². The van der Waals surface area contributed by atoms with Gasteiger partial charge in [0.15, 0.2) is 0 Å². The van der Waals surface area contributed by atoms with E-state index in [9.17, 15) is 0 Å². The van der Waals surface area contributed by atoms with Crippen LogP contribution in [-0.2, 0) is 11.4 Å². The van der Waals surface area contributed by atoms with Crippen LogP contribution >= 0.6 is 0 Å². The van der Waals surface area contributed by atoms with Gasteiger partial charge in [-0.1, -0.05) is 35.0 Å². The minimum Gasteiger partial charge on any atom is -0.396 e. The van der Waals surface area contributed by atoms with E-state index in [1.807, 2.05) is 17.7 Å². The second-order valence-electron chi connectivity index (χ2n) is 4.05. The molecular weight excluding hydrogens is 226 g/mol. The van der Waals surface area contributed by atoms with E-state index in [2.05, 4.69) is 41.4 Å². The molecule has 0 bridgehead atoms. The molecule has 2 aromatic rings. The summed E-state index contributed by atoms with van der Waals surface area (Å²) in [6, 6.07) is 10.3. The Morgan fingerprint density at radius 1 is 1.28 bits per heavy atom. The van der Waals surface area contributed by atoms with Gasteiger partial charge in [-0.15, -0.1) is 0 Å². The Morgan fingerprint density at radius 3 is 2.78 bits per heavy atom. The minimum absolute atomic E-state index is 0.572. The number of aromatic nitrogens is 2. The standard InChI is InChI=1S/C14H17N3O/c1-3-18-16-10-14-8-9-15-17(14)11-13-6-4-12(2)5-7-13/h4-10H,3,11H2,1-2H3/b16-10+. The van der Waals surface area contributed by atoms with E-state index >= 15 is 0 Å². The predicted molar refractivity (Wildman–Crippen MR) is 71.7 cm³/mol. The maximum absolute atomic E-state index is 4.96. The lowest BCUT2D eigenvalue weighted by molar-refractivity contribution is 0.160. The molecule has 18 heavy (non-hydrogen) atoms. The van der Waals surface area contributed by atoms with E-state index in [-0.39, 0.29) is 0 Å². The molecule has 94 valence electrons. The molecule has 4 nitrogen and oxygen atoms in total. The summed E-state index contributed by atoms with van der Waals surface area (Å²) in [5, 5.41) is 8.15. The molecule has 0 saturated heterocycles. The quantitative estimate of drug-likeness (QED) is 0.598. The van der Waals surface area contributed by atoms with E-state index < -0.39 is 0 Å². The average Bonchev–Trinajstić information content (AvgIpc) is 2.80. The molecule has 0 amide bonds. The molecule has 0 aliphatic carbocycles. The van der Waals surface area contributed by atoms with Gasteiger partial charge < -0.3 is 4.84 Å². The van der Waals surface area contributed by atoms with E-state index in [0.29, 0.717) is 6.61 Å². The van der Waals surface area contributed by atoms with Crippen LogP contribution in [0, 0.1) is 6.92 Å². The zero-order chi connectivity index (χ0) is 12.8. The zero-order valence-electron chi connectivity index (χ0n) is 10.7. The smallest absolute Gasteiger partial charge is 0.114 e. The minimum atomic E-state index is 0.572. The first-order chi connectivity index (χ1) is 8.79. The van der Waals surface area contributed by atoms with Crippen LogP contribution in [-0.4, -0.2) is 22.6 Å². The summed E-state index contributed by atoms with van der Waals surface area (Å²) in [5.74, 6) is 0. The van der Waals surface area contributed by atoms with E-state index in [4.69, 9.17) is 4.84 Å². The Hall–Kier alpha value is -2.10. The van der Waals surface area contributed by atoms with Crippen molar-refractivity contribution in [3.05, 3.63) is 53.3 Å². The fourth-order valence-corrected chi connectivity index (χ4v) is 1.62. The summed E-state index contributed by atoms with van der Waals surface area (Å²) in [5.41, 5.74) is 3.41. The average molecular weight is 243 g/mol. The van der Waals surface area contributed by atoms with E-state index in [1.54, 1.807) is 12.4 Å². The van der Waals surface area contributed by atoms with Crippen LogP contribution in [0.2, 0.25) is 0 Å². The van der Waals surface area contributed by atoms with Crippen molar-refractivity contribution in [2.75, 3.05) is 6.61 Å². The Morgan fingerprint density at radius 2 is 2.06 bits per heavy atom. The maximum atomic E-state index is 4.96. The molecule has 0 saturated carbocycles. The molecule has 1 heterocycles. The van der Waals surface area contributed by atoms with Crippen molar-refractivity contribution in [1.82, 2.24) is 9.78 Å². The molecule has 0 aliphatic rings. The Balaban J connectivity index is 2.09. The van der Waals surface area contributed by atoms with Crippen molar-refractivity contribution in [3.63, 3.8) is 0 Å². The highest BCUT2D eigenvalue weighted by atomic mass is 16.6. The van der Waals surface area contributed by atoms with Crippen LogP contribution in [0.4, 0.5) is 0 Å². The van der Waals surface area contributed by atoms with E-state index in [0.717, 1.165) is 12.2 Å². The fraction of sp³-hybridized carbons (Fsp3) is 0.286. The van der Waals surface area contributed by atoms with Gasteiger partial charge in [0.25, 0.3) is 0 Å². The van der Waals surface area contributed by atoms with Crippen molar-refractivity contribution in [3.8, 4) is 0 Å². The Bertz CT molecular complexity index is 514. The van der Waals surface area contributed by atoms with Gasteiger partial charge in [0, 0.05) is 6.20 Å². The monoisotopic (exact) mass is 243 g/mol. The third kappa shape index (κ3) is 3.20. The van der Waals surface area contributed by atoms with Gasteiger partial charge in [-0.25, -0.2) is 0 Å². The van der Waals surface area contributed by atoms with Crippen LogP contribution in [0.25, 0.3) is 0 Å². The summed E-state index contributed by atoms with van der Waals surface area (Å²) in [6.07, 6.45) is 3.45. The Labute approximate surface area is 107 Å². The molecule has 1 aromatic carbocycles. The number of oxime groups is 1. The van der Waals surface area contributed by atoms with Gasteiger partial charge in [-0.2, -0.15) is 5.10 Å². The van der Waals surface area contributed by atoms with Crippen LogP contribution < -0.4 is 0 Å².